The molecule has 7 heteroatoms. The van der Waals surface area contributed by atoms with Gasteiger partial charge >= 0.3 is 0 Å². The van der Waals surface area contributed by atoms with E-state index in [1.54, 1.807) is 29.3 Å². The van der Waals surface area contributed by atoms with Gasteiger partial charge in [-0.15, -0.1) is 0 Å². The molecule has 1 unspecified atom stereocenters. The Balaban J connectivity index is 1.64. The number of nitrogens with zero attached hydrogens (tertiary/aromatic N) is 3. The molecular formula is C19H18Cl2N4O. The Kier molecular flexibility index (Phi) is 6.26. The van der Waals surface area contributed by atoms with Gasteiger partial charge < -0.3 is 5.32 Å². The molecule has 0 fully saturated rings. The van der Waals surface area contributed by atoms with Crippen LogP contribution in [0, 0.1) is 0 Å². The minimum absolute atomic E-state index is 0.0444. The number of carbonyl (C=O) groups excluding carboxylic acids is 1. The van der Waals surface area contributed by atoms with Gasteiger partial charge in [0, 0.05) is 6.42 Å². The summed E-state index contributed by atoms with van der Waals surface area (Å²) >= 11 is 11.9. The maximum Gasteiger partial charge on any atom is 0.220 e. The summed E-state index contributed by atoms with van der Waals surface area (Å²) in [6.45, 7) is 0.468. The van der Waals surface area contributed by atoms with Gasteiger partial charge in [-0.25, -0.2) is 0 Å². The zero-order chi connectivity index (χ0) is 18.4. The average molecular weight is 389 g/mol. The monoisotopic (exact) mass is 388 g/mol. The number of amides is 1. The second-order valence-electron chi connectivity index (χ2n) is 5.86. The standard InChI is InChI=1S/C19H18Cl2N4O/c20-16-8-6-14(12-17(16)21)7-9-19(26)24-18(13-25-22-10-11-23-25)15-4-2-1-3-5-15/h1-6,8,10-12,18H,7,9,13H2,(H,24,26). The highest BCUT2D eigenvalue weighted by Gasteiger charge is 2.16. The van der Waals surface area contributed by atoms with Crippen LogP contribution in [0.2, 0.25) is 10.0 Å². The predicted octanol–water partition coefficient (Wildman–Crippen LogP) is 4.08. The first-order valence-electron chi connectivity index (χ1n) is 8.24. The molecule has 1 amide bonds. The molecule has 3 rings (SSSR count). The Hall–Kier alpha value is -2.37. The van der Waals surface area contributed by atoms with Gasteiger partial charge in [0.2, 0.25) is 5.91 Å². The van der Waals surface area contributed by atoms with Gasteiger partial charge in [0.05, 0.1) is 35.0 Å². The van der Waals surface area contributed by atoms with E-state index in [0.29, 0.717) is 29.4 Å². The van der Waals surface area contributed by atoms with E-state index in [1.165, 1.54) is 0 Å². The number of benzene rings is 2. The van der Waals surface area contributed by atoms with Crippen LogP contribution in [-0.4, -0.2) is 20.9 Å². The van der Waals surface area contributed by atoms with Crippen LogP contribution in [0.1, 0.15) is 23.6 Å². The predicted molar refractivity (Wildman–Crippen MR) is 102 cm³/mol. The molecule has 0 saturated heterocycles. The molecule has 3 aromatic rings. The van der Waals surface area contributed by atoms with Gasteiger partial charge in [-0.2, -0.15) is 15.0 Å². The fourth-order valence-corrected chi connectivity index (χ4v) is 2.96. The summed E-state index contributed by atoms with van der Waals surface area (Å²) < 4.78 is 0. The van der Waals surface area contributed by atoms with Crippen LogP contribution in [0.3, 0.4) is 0 Å². The highest BCUT2D eigenvalue weighted by Crippen LogP contribution is 2.23. The fourth-order valence-electron chi connectivity index (χ4n) is 2.64. The van der Waals surface area contributed by atoms with E-state index in [4.69, 9.17) is 23.2 Å². The quantitative estimate of drug-likeness (QED) is 0.663. The van der Waals surface area contributed by atoms with E-state index in [9.17, 15) is 4.79 Å². The third-order valence-corrected chi connectivity index (χ3v) is 4.71. The van der Waals surface area contributed by atoms with E-state index in [1.807, 2.05) is 36.4 Å². The summed E-state index contributed by atoms with van der Waals surface area (Å²) in [5.41, 5.74) is 1.98. The number of aryl methyl sites for hydroxylation is 1. The van der Waals surface area contributed by atoms with Crippen molar-refractivity contribution in [1.29, 1.82) is 0 Å². The molecule has 1 N–H and O–H groups in total. The second kappa shape index (κ2) is 8.83. The molecule has 26 heavy (non-hydrogen) atoms. The SMILES string of the molecule is O=C(CCc1ccc(Cl)c(Cl)c1)NC(Cn1nccn1)c1ccccc1. The molecule has 0 saturated carbocycles. The Morgan fingerprint density at radius 1 is 1.04 bits per heavy atom. The molecule has 0 aliphatic carbocycles. The zero-order valence-electron chi connectivity index (χ0n) is 14.0. The van der Waals surface area contributed by atoms with E-state index < -0.39 is 0 Å². The lowest BCUT2D eigenvalue weighted by Gasteiger charge is -2.19. The molecule has 0 aliphatic heterocycles. The van der Waals surface area contributed by atoms with Crippen molar-refractivity contribution < 1.29 is 4.79 Å². The van der Waals surface area contributed by atoms with Crippen LogP contribution in [-0.2, 0) is 17.8 Å². The Labute approximate surface area is 161 Å². The topological polar surface area (TPSA) is 59.8 Å². The second-order valence-corrected chi connectivity index (χ2v) is 6.68. The normalized spacial score (nSPS) is 11.9. The summed E-state index contributed by atoms with van der Waals surface area (Å²) in [5, 5.41) is 12.3. The Morgan fingerprint density at radius 3 is 2.46 bits per heavy atom. The van der Waals surface area contributed by atoms with E-state index >= 15 is 0 Å². The van der Waals surface area contributed by atoms with Crippen LogP contribution in [0.25, 0.3) is 0 Å². The van der Waals surface area contributed by atoms with Gasteiger partial charge in [-0.3, -0.25) is 4.79 Å². The maximum atomic E-state index is 12.5. The molecule has 2 aromatic carbocycles. The summed E-state index contributed by atoms with van der Waals surface area (Å²) in [7, 11) is 0. The van der Waals surface area contributed by atoms with Gasteiger partial charge in [-0.1, -0.05) is 59.6 Å². The molecule has 0 radical (unpaired) electrons. The highest BCUT2D eigenvalue weighted by molar-refractivity contribution is 6.42. The first kappa shape index (κ1) is 18.4. The zero-order valence-corrected chi connectivity index (χ0v) is 15.5. The number of carbonyl (C=O) groups is 1. The molecule has 5 nitrogen and oxygen atoms in total. The molecule has 1 heterocycles. The van der Waals surface area contributed by atoms with E-state index in [-0.39, 0.29) is 11.9 Å². The minimum Gasteiger partial charge on any atom is -0.347 e. The molecule has 0 aliphatic rings. The third kappa shape index (κ3) is 5.07. The van der Waals surface area contributed by atoms with Gasteiger partial charge in [0.25, 0.3) is 0 Å². The maximum absolute atomic E-state index is 12.5. The summed E-state index contributed by atoms with van der Waals surface area (Å²) in [4.78, 5) is 14.0. The first-order valence-corrected chi connectivity index (χ1v) is 9.00. The Morgan fingerprint density at radius 2 is 1.77 bits per heavy atom. The van der Waals surface area contributed by atoms with Crippen LogP contribution in [0.15, 0.2) is 60.9 Å². The number of hydrogen-bond acceptors (Lipinski definition) is 3. The van der Waals surface area contributed by atoms with Crippen molar-refractivity contribution in [2.75, 3.05) is 0 Å². The minimum atomic E-state index is -0.204. The number of aromatic nitrogens is 3. The lowest BCUT2D eigenvalue weighted by Crippen LogP contribution is -2.32. The fraction of sp³-hybridized carbons (Fsp3) is 0.211. The molecule has 1 atom stereocenters. The summed E-state index contributed by atoms with van der Waals surface area (Å²) in [6.07, 6.45) is 4.18. The van der Waals surface area contributed by atoms with Crippen molar-refractivity contribution in [3.63, 3.8) is 0 Å². The first-order chi connectivity index (χ1) is 12.6. The van der Waals surface area contributed by atoms with Crippen molar-refractivity contribution in [3.8, 4) is 0 Å². The Bertz CT molecular complexity index is 853. The molecule has 1 aromatic heterocycles. The van der Waals surface area contributed by atoms with Gasteiger partial charge in [-0.05, 0) is 29.7 Å². The van der Waals surface area contributed by atoms with Crippen LogP contribution in [0.5, 0.6) is 0 Å². The van der Waals surface area contributed by atoms with Crippen molar-refractivity contribution >= 4 is 29.1 Å². The smallest absolute Gasteiger partial charge is 0.220 e. The third-order valence-electron chi connectivity index (χ3n) is 3.97. The van der Waals surface area contributed by atoms with Crippen molar-refractivity contribution in [2.45, 2.75) is 25.4 Å². The highest BCUT2D eigenvalue weighted by atomic mass is 35.5. The van der Waals surface area contributed by atoms with Crippen LogP contribution in [0.4, 0.5) is 0 Å². The lowest BCUT2D eigenvalue weighted by molar-refractivity contribution is -0.121. The van der Waals surface area contributed by atoms with Gasteiger partial charge in [0.15, 0.2) is 0 Å². The van der Waals surface area contributed by atoms with Crippen molar-refractivity contribution in [3.05, 3.63) is 82.1 Å². The van der Waals surface area contributed by atoms with E-state index in [2.05, 4.69) is 15.5 Å². The molecule has 0 spiro atoms. The number of rotatable bonds is 7. The molecule has 0 bridgehead atoms. The van der Waals surface area contributed by atoms with Crippen molar-refractivity contribution in [1.82, 2.24) is 20.3 Å². The van der Waals surface area contributed by atoms with Gasteiger partial charge in [0.1, 0.15) is 0 Å². The lowest BCUT2D eigenvalue weighted by atomic mass is 10.1. The summed E-state index contributed by atoms with van der Waals surface area (Å²) in [6, 6.07) is 15.0. The van der Waals surface area contributed by atoms with Crippen molar-refractivity contribution in [2.24, 2.45) is 0 Å². The summed E-state index contributed by atoms with van der Waals surface area (Å²) in [5.74, 6) is -0.0444. The number of hydrogen-bond donors (Lipinski definition) is 1. The van der Waals surface area contributed by atoms with Crippen LogP contribution < -0.4 is 5.32 Å². The number of halogens is 2. The largest absolute Gasteiger partial charge is 0.347 e. The van der Waals surface area contributed by atoms with Crippen LogP contribution >= 0.6 is 23.2 Å². The molecule has 134 valence electrons. The number of nitrogens with one attached hydrogen (secondary N) is 1. The van der Waals surface area contributed by atoms with E-state index in [0.717, 1.165) is 11.1 Å². The molecular weight excluding hydrogens is 371 g/mol. The average Bonchev–Trinajstić information content (AvgIpc) is 3.16.